The molecule has 2 aliphatic carbocycles. The lowest BCUT2D eigenvalue weighted by Crippen LogP contribution is -2.47. The van der Waals surface area contributed by atoms with Gasteiger partial charge in [-0.2, -0.15) is 0 Å². The van der Waals surface area contributed by atoms with Crippen molar-refractivity contribution in [1.29, 1.82) is 0 Å². The number of hydrogen-bond acceptors (Lipinski definition) is 2. The second-order valence-corrected chi connectivity index (χ2v) is 9.68. The summed E-state index contributed by atoms with van der Waals surface area (Å²) in [4.78, 5) is 2.29. The van der Waals surface area contributed by atoms with Crippen molar-refractivity contribution in [2.75, 3.05) is 18.0 Å². The maximum atomic E-state index is 16.1. The first-order valence-electron chi connectivity index (χ1n) is 11.8. The van der Waals surface area contributed by atoms with E-state index in [-0.39, 0.29) is 23.6 Å². The zero-order chi connectivity index (χ0) is 20.2. The zero-order valence-corrected chi connectivity index (χ0v) is 17.5. The minimum absolute atomic E-state index is 0.00544. The summed E-state index contributed by atoms with van der Waals surface area (Å²) in [5.41, 5.74) is 4.98. The van der Waals surface area contributed by atoms with Crippen LogP contribution in [-0.4, -0.2) is 25.2 Å². The van der Waals surface area contributed by atoms with Crippen LogP contribution in [0.4, 0.5) is 14.5 Å². The fraction of sp³-hybridized carbons (Fsp3) is 0.538. The van der Waals surface area contributed by atoms with Crippen molar-refractivity contribution in [2.24, 2.45) is 0 Å². The van der Waals surface area contributed by atoms with E-state index < -0.39 is 0 Å². The molecule has 0 bridgehead atoms. The molecule has 158 valence electrons. The second kappa shape index (κ2) is 7.33. The van der Waals surface area contributed by atoms with E-state index >= 15 is 4.39 Å². The number of anilines is 1. The number of piperidine rings is 2. The highest BCUT2D eigenvalue weighted by molar-refractivity contribution is 5.57. The van der Waals surface area contributed by atoms with E-state index in [4.69, 9.17) is 0 Å². The van der Waals surface area contributed by atoms with E-state index in [1.54, 1.807) is 6.07 Å². The number of benzene rings is 2. The Kier molecular flexibility index (Phi) is 4.60. The van der Waals surface area contributed by atoms with Crippen molar-refractivity contribution in [3.63, 3.8) is 0 Å². The minimum atomic E-state index is -0.0777. The van der Waals surface area contributed by atoms with Crippen LogP contribution in [0, 0.1) is 11.6 Å². The maximum absolute atomic E-state index is 16.1. The molecule has 2 unspecified atom stereocenters. The van der Waals surface area contributed by atoms with E-state index in [0.29, 0.717) is 12.0 Å². The van der Waals surface area contributed by atoms with Crippen molar-refractivity contribution in [3.8, 4) is 0 Å². The smallest absolute Gasteiger partial charge is 0.150 e. The van der Waals surface area contributed by atoms with Crippen LogP contribution in [0.1, 0.15) is 72.6 Å². The quantitative estimate of drug-likeness (QED) is 0.675. The molecule has 1 N–H and O–H groups in total. The topological polar surface area (TPSA) is 15.3 Å². The Hall–Kier alpha value is -1.94. The predicted molar refractivity (Wildman–Crippen MR) is 116 cm³/mol. The van der Waals surface area contributed by atoms with Gasteiger partial charge in [0, 0.05) is 30.5 Å². The molecule has 0 aromatic heterocycles. The Labute approximate surface area is 177 Å². The van der Waals surface area contributed by atoms with E-state index in [2.05, 4.69) is 22.3 Å². The largest absolute Gasteiger partial charge is 0.366 e. The van der Waals surface area contributed by atoms with Gasteiger partial charge in [-0.15, -0.1) is 0 Å². The highest BCUT2D eigenvalue weighted by Crippen LogP contribution is 2.46. The Balaban J connectivity index is 1.39. The molecule has 4 atom stereocenters. The van der Waals surface area contributed by atoms with Crippen LogP contribution in [-0.2, 0) is 12.8 Å². The Morgan fingerprint density at radius 1 is 0.833 bits per heavy atom. The van der Waals surface area contributed by atoms with Gasteiger partial charge in [-0.25, -0.2) is 8.78 Å². The van der Waals surface area contributed by atoms with Gasteiger partial charge in [0.25, 0.3) is 0 Å². The van der Waals surface area contributed by atoms with Crippen LogP contribution in [0.5, 0.6) is 0 Å². The molecule has 2 saturated heterocycles. The van der Waals surface area contributed by atoms with Gasteiger partial charge in [-0.1, -0.05) is 18.2 Å². The van der Waals surface area contributed by atoms with Crippen molar-refractivity contribution >= 4 is 5.69 Å². The molecule has 30 heavy (non-hydrogen) atoms. The average Bonchev–Trinajstić information content (AvgIpc) is 2.78. The first-order chi connectivity index (χ1) is 14.7. The van der Waals surface area contributed by atoms with Crippen LogP contribution in [0.3, 0.4) is 0 Å². The number of nitrogens with one attached hydrogen (secondary N) is 1. The van der Waals surface area contributed by atoms with Gasteiger partial charge in [0.1, 0.15) is 11.6 Å². The molecular weight excluding hydrogens is 378 g/mol. The summed E-state index contributed by atoms with van der Waals surface area (Å²) in [6, 6.07) is 10.3. The monoisotopic (exact) mass is 408 g/mol. The fourth-order valence-electron chi connectivity index (χ4n) is 6.94. The lowest BCUT2D eigenvalue weighted by atomic mass is 9.73. The summed E-state index contributed by atoms with van der Waals surface area (Å²) in [6.07, 6.45) is 8.11. The SMILES string of the molecule is Fc1cccc2c1C1CCCN(c3ccc4c(c3F)C3CCCN[C@@H]3CC4)[C@H]1CC2. The third-order valence-electron chi connectivity index (χ3n) is 8.24. The second-order valence-electron chi connectivity index (χ2n) is 9.68. The molecule has 0 radical (unpaired) electrons. The number of nitrogens with zero attached hydrogens (tertiary/aromatic N) is 1. The Morgan fingerprint density at radius 2 is 1.67 bits per heavy atom. The molecule has 6 rings (SSSR count). The molecule has 2 nitrogen and oxygen atoms in total. The standard InChI is InChI=1S/C26H30F2N2/c27-20-7-1-4-16-9-12-22-19(24(16)20)6-3-15-30(22)23-13-10-17-8-11-21-18(5-2-14-29-21)25(17)26(23)28/h1,4,7,10,13,18-19,21-22,29H,2-3,5-6,8-9,11-12,14-15H2/t18?,19?,21-,22+/m1/s1. The third-order valence-corrected chi connectivity index (χ3v) is 8.24. The van der Waals surface area contributed by atoms with E-state index in [9.17, 15) is 4.39 Å². The first-order valence-corrected chi connectivity index (χ1v) is 11.8. The lowest BCUT2D eigenvalue weighted by molar-refractivity contribution is 0.310. The van der Waals surface area contributed by atoms with Crippen molar-refractivity contribution < 1.29 is 8.78 Å². The fourth-order valence-corrected chi connectivity index (χ4v) is 6.94. The molecule has 0 spiro atoms. The van der Waals surface area contributed by atoms with E-state index in [1.807, 2.05) is 12.1 Å². The molecule has 2 aromatic rings. The van der Waals surface area contributed by atoms with Crippen LogP contribution >= 0.6 is 0 Å². The van der Waals surface area contributed by atoms with Crippen LogP contribution in [0.15, 0.2) is 30.3 Å². The summed E-state index contributed by atoms with van der Waals surface area (Å²) in [7, 11) is 0. The summed E-state index contributed by atoms with van der Waals surface area (Å²) in [5, 5.41) is 3.63. The number of fused-ring (bicyclic) bond motifs is 6. The summed E-state index contributed by atoms with van der Waals surface area (Å²) >= 11 is 0. The minimum Gasteiger partial charge on any atom is -0.366 e. The molecule has 4 aliphatic rings. The lowest BCUT2D eigenvalue weighted by Gasteiger charge is -2.47. The van der Waals surface area contributed by atoms with Gasteiger partial charge in [-0.3, -0.25) is 0 Å². The molecule has 2 aromatic carbocycles. The highest BCUT2D eigenvalue weighted by atomic mass is 19.1. The van der Waals surface area contributed by atoms with Gasteiger partial charge in [-0.05, 0) is 92.3 Å². The van der Waals surface area contributed by atoms with Gasteiger partial charge >= 0.3 is 0 Å². The van der Waals surface area contributed by atoms with Crippen LogP contribution in [0.2, 0.25) is 0 Å². The molecule has 4 heteroatoms. The maximum Gasteiger partial charge on any atom is 0.150 e. The first kappa shape index (κ1) is 18.8. The molecule has 2 aliphatic heterocycles. The van der Waals surface area contributed by atoms with Crippen molar-refractivity contribution in [3.05, 3.63) is 64.2 Å². The predicted octanol–water partition coefficient (Wildman–Crippen LogP) is 5.45. The van der Waals surface area contributed by atoms with Crippen molar-refractivity contribution in [2.45, 2.75) is 75.3 Å². The molecule has 0 amide bonds. The van der Waals surface area contributed by atoms with Crippen molar-refractivity contribution in [1.82, 2.24) is 5.32 Å². The van der Waals surface area contributed by atoms with Gasteiger partial charge in [0.05, 0.1) is 5.69 Å². The van der Waals surface area contributed by atoms with E-state index in [0.717, 1.165) is 86.8 Å². The Bertz CT molecular complexity index is 972. The number of halogens is 2. The van der Waals surface area contributed by atoms with Gasteiger partial charge < -0.3 is 10.2 Å². The summed E-state index contributed by atoms with van der Waals surface area (Å²) in [5.74, 6) is 0.396. The van der Waals surface area contributed by atoms with Crippen LogP contribution in [0.25, 0.3) is 0 Å². The zero-order valence-electron chi connectivity index (χ0n) is 17.5. The van der Waals surface area contributed by atoms with Gasteiger partial charge in [0.15, 0.2) is 0 Å². The Morgan fingerprint density at radius 3 is 2.60 bits per heavy atom. The number of aryl methyl sites for hydroxylation is 2. The van der Waals surface area contributed by atoms with Crippen LogP contribution < -0.4 is 10.2 Å². The third kappa shape index (κ3) is 2.83. The number of hydrogen-bond donors (Lipinski definition) is 1. The molecule has 0 saturated carbocycles. The number of rotatable bonds is 1. The summed E-state index contributed by atoms with van der Waals surface area (Å²) < 4.78 is 30.9. The summed E-state index contributed by atoms with van der Waals surface area (Å²) in [6.45, 7) is 1.92. The molecule has 2 fully saturated rings. The normalized spacial score (nSPS) is 30.1. The average molecular weight is 409 g/mol. The molecule has 2 heterocycles. The van der Waals surface area contributed by atoms with E-state index in [1.165, 1.54) is 5.56 Å². The highest BCUT2D eigenvalue weighted by Gasteiger charge is 2.40. The molecular formula is C26H30F2N2. The van der Waals surface area contributed by atoms with Gasteiger partial charge in [0.2, 0.25) is 0 Å².